The van der Waals surface area contributed by atoms with Crippen molar-refractivity contribution in [1.29, 1.82) is 0 Å². The number of hydrogen-bond donors (Lipinski definition) is 3. The normalized spacial score (nSPS) is 12.4. The monoisotopic (exact) mass is 211 g/mol. The molecular formula is C9H13N3O3. The van der Waals surface area contributed by atoms with Gasteiger partial charge in [0.05, 0.1) is 11.0 Å². The fourth-order valence-corrected chi connectivity index (χ4v) is 1.36. The number of rotatable bonds is 3. The van der Waals surface area contributed by atoms with Crippen LogP contribution in [0, 0.1) is 10.1 Å². The van der Waals surface area contributed by atoms with Crippen LogP contribution in [0.1, 0.15) is 12.5 Å². The second kappa shape index (κ2) is 4.14. The van der Waals surface area contributed by atoms with Crippen LogP contribution in [0.25, 0.3) is 0 Å². The van der Waals surface area contributed by atoms with Crippen LogP contribution < -0.4 is 11.5 Å². The van der Waals surface area contributed by atoms with Gasteiger partial charge in [0.1, 0.15) is 5.69 Å². The van der Waals surface area contributed by atoms with Crippen molar-refractivity contribution in [2.75, 3.05) is 11.5 Å². The molecule has 0 heterocycles. The van der Waals surface area contributed by atoms with E-state index < -0.39 is 11.0 Å². The predicted molar refractivity (Wildman–Crippen MR) is 57.3 cm³/mol. The predicted octanol–water partition coefficient (Wildman–Crippen LogP) is 0.683. The Morgan fingerprint density at radius 1 is 1.53 bits per heavy atom. The summed E-state index contributed by atoms with van der Waals surface area (Å²) in [6.07, 6.45) is -0.369. The minimum Gasteiger partial charge on any atom is -0.399 e. The zero-order valence-electron chi connectivity index (χ0n) is 8.30. The summed E-state index contributed by atoms with van der Waals surface area (Å²) < 4.78 is 0. The Kier molecular flexibility index (Phi) is 3.11. The van der Waals surface area contributed by atoms with Gasteiger partial charge in [-0.2, -0.15) is 0 Å². The molecule has 1 aromatic carbocycles. The van der Waals surface area contributed by atoms with E-state index in [9.17, 15) is 15.2 Å². The summed E-state index contributed by atoms with van der Waals surface area (Å²) in [6, 6.07) is 2.75. The molecule has 0 saturated heterocycles. The van der Waals surface area contributed by atoms with Crippen molar-refractivity contribution in [3.8, 4) is 0 Å². The van der Waals surface area contributed by atoms with E-state index in [1.54, 1.807) is 6.92 Å². The molecule has 1 aromatic rings. The van der Waals surface area contributed by atoms with E-state index in [-0.39, 0.29) is 23.5 Å². The summed E-state index contributed by atoms with van der Waals surface area (Å²) in [5, 5.41) is 19.8. The van der Waals surface area contributed by atoms with Gasteiger partial charge in [0.2, 0.25) is 0 Å². The van der Waals surface area contributed by atoms with Gasteiger partial charge in [0.25, 0.3) is 5.69 Å². The fourth-order valence-electron chi connectivity index (χ4n) is 1.36. The number of anilines is 2. The minimum absolute atomic E-state index is 0.0649. The lowest BCUT2D eigenvalue weighted by Gasteiger charge is -2.09. The molecule has 0 fully saturated rings. The van der Waals surface area contributed by atoms with Crippen LogP contribution in [0.15, 0.2) is 12.1 Å². The van der Waals surface area contributed by atoms with Crippen LogP contribution in [0.2, 0.25) is 0 Å². The molecular weight excluding hydrogens is 198 g/mol. The zero-order valence-corrected chi connectivity index (χ0v) is 8.30. The number of hydrogen-bond acceptors (Lipinski definition) is 5. The maximum Gasteiger partial charge on any atom is 0.294 e. The minimum atomic E-state index is -0.617. The Hall–Kier alpha value is -1.82. The molecule has 82 valence electrons. The molecule has 0 aliphatic carbocycles. The van der Waals surface area contributed by atoms with Crippen LogP contribution in [0.5, 0.6) is 0 Å². The van der Waals surface area contributed by atoms with Crippen molar-refractivity contribution in [2.24, 2.45) is 0 Å². The van der Waals surface area contributed by atoms with Crippen molar-refractivity contribution in [2.45, 2.75) is 19.4 Å². The molecule has 0 aliphatic heterocycles. The lowest BCUT2D eigenvalue weighted by atomic mass is 10.0. The van der Waals surface area contributed by atoms with Gasteiger partial charge in [-0.25, -0.2) is 0 Å². The topological polar surface area (TPSA) is 115 Å². The van der Waals surface area contributed by atoms with E-state index in [0.29, 0.717) is 5.56 Å². The lowest BCUT2D eigenvalue weighted by Crippen LogP contribution is -2.09. The maximum absolute atomic E-state index is 10.6. The Bertz CT molecular complexity index is 390. The summed E-state index contributed by atoms with van der Waals surface area (Å²) in [4.78, 5) is 10.0. The highest BCUT2D eigenvalue weighted by atomic mass is 16.6. The van der Waals surface area contributed by atoms with Gasteiger partial charge >= 0.3 is 0 Å². The van der Waals surface area contributed by atoms with Gasteiger partial charge in [-0.1, -0.05) is 0 Å². The second-order valence-corrected chi connectivity index (χ2v) is 3.42. The number of nitrogen functional groups attached to an aromatic ring is 2. The highest BCUT2D eigenvalue weighted by Crippen LogP contribution is 2.29. The lowest BCUT2D eigenvalue weighted by molar-refractivity contribution is -0.383. The molecule has 5 N–H and O–H groups in total. The third kappa shape index (κ3) is 2.57. The van der Waals surface area contributed by atoms with Crippen LogP contribution in [0.4, 0.5) is 17.1 Å². The molecule has 0 saturated carbocycles. The molecule has 0 aliphatic rings. The molecule has 0 bridgehead atoms. The van der Waals surface area contributed by atoms with E-state index in [1.165, 1.54) is 12.1 Å². The molecule has 6 nitrogen and oxygen atoms in total. The van der Waals surface area contributed by atoms with Gasteiger partial charge in [0, 0.05) is 18.2 Å². The third-order valence-corrected chi connectivity index (χ3v) is 1.98. The molecule has 1 unspecified atom stereocenters. The summed E-state index contributed by atoms with van der Waals surface area (Å²) in [5.74, 6) is 0. The first kappa shape index (κ1) is 11.3. The van der Waals surface area contributed by atoms with E-state index in [0.717, 1.165) is 0 Å². The van der Waals surface area contributed by atoms with Gasteiger partial charge in [-0.3, -0.25) is 10.1 Å². The quantitative estimate of drug-likeness (QED) is 0.386. The Morgan fingerprint density at radius 3 is 2.60 bits per heavy atom. The van der Waals surface area contributed by atoms with Crippen LogP contribution in [0.3, 0.4) is 0 Å². The standard InChI is InChI=1S/C9H13N3O3/c1-5(13)2-6-3-7(10)4-8(9(6)11)12(14)15/h3-5,13H,2,10-11H2,1H3. The summed E-state index contributed by atoms with van der Waals surface area (Å²) in [6.45, 7) is 1.58. The Balaban J connectivity index is 3.22. The molecule has 15 heavy (non-hydrogen) atoms. The van der Waals surface area contributed by atoms with Gasteiger partial charge in [-0.15, -0.1) is 0 Å². The number of nitrogens with zero attached hydrogens (tertiary/aromatic N) is 1. The summed E-state index contributed by atoms with van der Waals surface area (Å²) in [7, 11) is 0. The molecule has 6 heteroatoms. The molecule has 0 radical (unpaired) electrons. The fraction of sp³-hybridized carbons (Fsp3) is 0.333. The average molecular weight is 211 g/mol. The van der Waals surface area contributed by atoms with E-state index in [2.05, 4.69) is 0 Å². The molecule has 0 spiro atoms. The highest BCUT2D eigenvalue weighted by molar-refractivity contribution is 5.69. The number of aliphatic hydroxyl groups is 1. The van der Waals surface area contributed by atoms with Crippen molar-refractivity contribution in [3.63, 3.8) is 0 Å². The summed E-state index contributed by atoms with van der Waals surface area (Å²) >= 11 is 0. The highest BCUT2D eigenvalue weighted by Gasteiger charge is 2.17. The number of nitrogens with two attached hydrogens (primary N) is 2. The third-order valence-electron chi connectivity index (χ3n) is 1.98. The van der Waals surface area contributed by atoms with Gasteiger partial charge < -0.3 is 16.6 Å². The Labute approximate surface area is 86.7 Å². The molecule has 1 rings (SSSR count). The number of nitro groups is 1. The van der Waals surface area contributed by atoms with Crippen LogP contribution >= 0.6 is 0 Å². The van der Waals surface area contributed by atoms with Crippen LogP contribution in [-0.4, -0.2) is 16.1 Å². The van der Waals surface area contributed by atoms with Crippen molar-refractivity contribution in [3.05, 3.63) is 27.8 Å². The molecule has 1 atom stereocenters. The number of aliphatic hydroxyl groups excluding tert-OH is 1. The van der Waals surface area contributed by atoms with E-state index >= 15 is 0 Å². The summed E-state index contributed by atoms with van der Waals surface area (Å²) in [5.41, 5.74) is 11.7. The molecule has 0 amide bonds. The number of benzene rings is 1. The SMILES string of the molecule is CC(O)Cc1cc(N)cc([N+](=O)[O-])c1N. The van der Waals surface area contributed by atoms with Crippen molar-refractivity contribution < 1.29 is 10.0 Å². The van der Waals surface area contributed by atoms with Crippen LogP contribution in [-0.2, 0) is 6.42 Å². The smallest absolute Gasteiger partial charge is 0.294 e. The van der Waals surface area contributed by atoms with Crippen molar-refractivity contribution in [1.82, 2.24) is 0 Å². The largest absolute Gasteiger partial charge is 0.399 e. The first-order valence-corrected chi connectivity index (χ1v) is 4.42. The van der Waals surface area contributed by atoms with E-state index in [1.807, 2.05) is 0 Å². The van der Waals surface area contributed by atoms with Gasteiger partial charge in [0.15, 0.2) is 0 Å². The second-order valence-electron chi connectivity index (χ2n) is 3.42. The Morgan fingerprint density at radius 2 is 2.13 bits per heavy atom. The average Bonchev–Trinajstić information content (AvgIpc) is 2.09. The number of nitro benzene ring substituents is 1. The van der Waals surface area contributed by atoms with E-state index in [4.69, 9.17) is 11.5 Å². The first-order valence-electron chi connectivity index (χ1n) is 4.42. The zero-order chi connectivity index (χ0) is 11.6. The molecule has 0 aromatic heterocycles. The van der Waals surface area contributed by atoms with Gasteiger partial charge in [-0.05, 0) is 18.6 Å². The maximum atomic E-state index is 10.6. The van der Waals surface area contributed by atoms with Crippen molar-refractivity contribution >= 4 is 17.1 Å². The first-order chi connectivity index (χ1) is 6.91.